The Morgan fingerprint density at radius 3 is 2.08 bits per heavy atom. The summed E-state index contributed by atoms with van der Waals surface area (Å²) in [5.41, 5.74) is 10.2. The normalized spacial score (nSPS) is 14.2. The van der Waals surface area contributed by atoms with E-state index in [2.05, 4.69) is 10.6 Å². The van der Waals surface area contributed by atoms with Gasteiger partial charge in [-0.1, -0.05) is 13.8 Å². The summed E-state index contributed by atoms with van der Waals surface area (Å²) in [7, 11) is 1.39. The van der Waals surface area contributed by atoms with Crippen molar-refractivity contribution in [3.63, 3.8) is 0 Å². The van der Waals surface area contributed by atoms with Gasteiger partial charge in [-0.15, -0.1) is 0 Å². The summed E-state index contributed by atoms with van der Waals surface area (Å²) >= 11 is 0. The van der Waals surface area contributed by atoms with Gasteiger partial charge in [0.2, 0.25) is 17.7 Å². The highest BCUT2D eigenvalue weighted by molar-refractivity contribution is 5.93. The lowest BCUT2D eigenvalue weighted by atomic mass is 10.0. The molecule has 8 N–H and O–H groups in total. The summed E-state index contributed by atoms with van der Waals surface area (Å²) in [6.07, 6.45) is -1.31. The van der Waals surface area contributed by atoms with Crippen molar-refractivity contribution in [3.8, 4) is 0 Å². The van der Waals surface area contributed by atoms with Crippen molar-refractivity contribution in [2.45, 2.75) is 44.9 Å². The first-order valence-electron chi connectivity index (χ1n) is 8.16. The molecule has 26 heavy (non-hydrogen) atoms. The number of rotatable bonds is 11. The standard InChI is InChI=1S/C15H29N5O6/c1-8(2)4-11(19-15(26)20(3)6-9(22)7-21)14(25)18-10(13(17)24)5-12(16)23/h8-11,21-22H,4-7H2,1-3H3,(H2,16,23)(H2,17,24)(H,18,25)(H,19,26)/t9?,10-,11-/m0/s1. The number of urea groups is 1. The number of hydrogen-bond acceptors (Lipinski definition) is 6. The zero-order valence-electron chi connectivity index (χ0n) is 15.3. The van der Waals surface area contributed by atoms with Gasteiger partial charge in [0.1, 0.15) is 12.1 Å². The van der Waals surface area contributed by atoms with Crippen LogP contribution < -0.4 is 22.1 Å². The van der Waals surface area contributed by atoms with Gasteiger partial charge in [-0.3, -0.25) is 14.4 Å². The van der Waals surface area contributed by atoms with Crippen molar-refractivity contribution >= 4 is 23.8 Å². The van der Waals surface area contributed by atoms with E-state index in [0.29, 0.717) is 0 Å². The number of likely N-dealkylation sites (N-methyl/N-ethyl adjacent to an activating group) is 1. The Hall–Kier alpha value is -2.40. The molecule has 0 bridgehead atoms. The highest BCUT2D eigenvalue weighted by Crippen LogP contribution is 2.07. The molecule has 0 saturated carbocycles. The maximum Gasteiger partial charge on any atom is 0.317 e. The van der Waals surface area contributed by atoms with Crippen LogP contribution >= 0.6 is 0 Å². The van der Waals surface area contributed by atoms with Crippen molar-refractivity contribution < 1.29 is 29.4 Å². The monoisotopic (exact) mass is 375 g/mol. The quantitative estimate of drug-likeness (QED) is 0.227. The average Bonchev–Trinajstić information content (AvgIpc) is 2.52. The van der Waals surface area contributed by atoms with Crippen LogP contribution in [0.1, 0.15) is 26.7 Å². The van der Waals surface area contributed by atoms with Crippen molar-refractivity contribution in [1.29, 1.82) is 0 Å². The summed E-state index contributed by atoms with van der Waals surface area (Å²) in [5, 5.41) is 23.0. The second kappa shape index (κ2) is 11.3. The van der Waals surface area contributed by atoms with E-state index in [0.717, 1.165) is 4.90 Å². The van der Waals surface area contributed by atoms with Gasteiger partial charge in [0.25, 0.3) is 0 Å². The van der Waals surface area contributed by atoms with Crippen LogP contribution in [0.15, 0.2) is 0 Å². The Bertz CT molecular complexity index is 513. The smallest absolute Gasteiger partial charge is 0.317 e. The Balaban J connectivity index is 5.05. The fourth-order valence-electron chi connectivity index (χ4n) is 2.12. The lowest BCUT2D eigenvalue weighted by Gasteiger charge is -2.26. The van der Waals surface area contributed by atoms with Gasteiger partial charge in [0, 0.05) is 7.05 Å². The van der Waals surface area contributed by atoms with Crippen LogP contribution in [0, 0.1) is 5.92 Å². The molecule has 0 spiro atoms. The van der Waals surface area contributed by atoms with E-state index in [1.165, 1.54) is 7.05 Å². The van der Waals surface area contributed by atoms with Crippen LogP contribution in [-0.4, -0.2) is 77.3 Å². The first kappa shape index (κ1) is 23.6. The van der Waals surface area contributed by atoms with Crippen molar-refractivity contribution in [3.05, 3.63) is 0 Å². The number of nitrogens with two attached hydrogens (primary N) is 2. The molecule has 3 atom stereocenters. The van der Waals surface area contributed by atoms with Crippen molar-refractivity contribution in [2.75, 3.05) is 20.2 Å². The lowest BCUT2D eigenvalue weighted by molar-refractivity contribution is -0.130. The highest BCUT2D eigenvalue weighted by Gasteiger charge is 2.28. The van der Waals surface area contributed by atoms with E-state index < -0.39 is 55.0 Å². The number of nitrogens with zero attached hydrogens (tertiary/aromatic N) is 1. The molecule has 11 nitrogen and oxygen atoms in total. The van der Waals surface area contributed by atoms with Gasteiger partial charge in [-0.25, -0.2) is 4.79 Å². The van der Waals surface area contributed by atoms with Crippen LogP contribution in [0.5, 0.6) is 0 Å². The number of amides is 5. The van der Waals surface area contributed by atoms with E-state index >= 15 is 0 Å². The van der Waals surface area contributed by atoms with Gasteiger partial charge in [0.05, 0.1) is 25.7 Å². The molecule has 1 unspecified atom stereocenters. The van der Waals surface area contributed by atoms with Crippen LogP contribution in [0.25, 0.3) is 0 Å². The van der Waals surface area contributed by atoms with Gasteiger partial charge < -0.3 is 37.2 Å². The van der Waals surface area contributed by atoms with Gasteiger partial charge in [-0.2, -0.15) is 0 Å². The fraction of sp³-hybridized carbons (Fsp3) is 0.733. The molecule has 11 heteroatoms. The number of nitrogens with one attached hydrogen (secondary N) is 2. The highest BCUT2D eigenvalue weighted by atomic mass is 16.3. The molecule has 0 fully saturated rings. The molecule has 0 heterocycles. The first-order chi connectivity index (χ1) is 12.0. The Labute approximate surface area is 152 Å². The predicted octanol–water partition coefficient (Wildman–Crippen LogP) is -2.76. The van der Waals surface area contributed by atoms with Gasteiger partial charge in [0.15, 0.2) is 0 Å². The molecule has 0 aromatic carbocycles. The van der Waals surface area contributed by atoms with Crippen LogP contribution in [0.3, 0.4) is 0 Å². The Morgan fingerprint density at radius 1 is 1.08 bits per heavy atom. The predicted molar refractivity (Wildman–Crippen MR) is 92.4 cm³/mol. The maximum atomic E-state index is 12.4. The van der Waals surface area contributed by atoms with Gasteiger partial charge >= 0.3 is 6.03 Å². The van der Waals surface area contributed by atoms with Gasteiger partial charge in [-0.05, 0) is 12.3 Å². The molecule has 0 radical (unpaired) electrons. The third-order valence-corrected chi connectivity index (χ3v) is 3.43. The second-order valence-electron chi connectivity index (χ2n) is 6.48. The summed E-state index contributed by atoms with van der Waals surface area (Å²) in [6.45, 7) is 3.02. The molecule has 150 valence electrons. The van der Waals surface area contributed by atoms with Crippen LogP contribution in [0.2, 0.25) is 0 Å². The third kappa shape index (κ3) is 9.18. The number of aliphatic hydroxyl groups is 2. The molecular formula is C15H29N5O6. The molecule has 0 rings (SSSR count). The third-order valence-electron chi connectivity index (χ3n) is 3.43. The summed E-state index contributed by atoms with van der Waals surface area (Å²) in [4.78, 5) is 48.0. The number of carbonyl (C=O) groups excluding carboxylic acids is 4. The molecule has 0 aliphatic heterocycles. The lowest BCUT2D eigenvalue weighted by Crippen LogP contribution is -2.56. The largest absolute Gasteiger partial charge is 0.394 e. The van der Waals surface area contributed by atoms with Crippen LogP contribution in [0.4, 0.5) is 4.79 Å². The minimum absolute atomic E-state index is 0.0301. The minimum Gasteiger partial charge on any atom is -0.394 e. The summed E-state index contributed by atoms with van der Waals surface area (Å²) in [6, 6.07) is -2.92. The zero-order valence-corrected chi connectivity index (χ0v) is 15.3. The first-order valence-corrected chi connectivity index (χ1v) is 8.16. The topological polar surface area (TPSA) is 188 Å². The van der Waals surface area contributed by atoms with Crippen molar-refractivity contribution in [1.82, 2.24) is 15.5 Å². The molecular weight excluding hydrogens is 346 g/mol. The van der Waals surface area contributed by atoms with E-state index in [1.54, 1.807) is 0 Å². The molecule has 0 aromatic rings. The van der Waals surface area contributed by atoms with Crippen molar-refractivity contribution in [2.24, 2.45) is 17.4 Å². The molecule has 0 aromatic heterocycles. The SMILES string of the molecule is CC(C)C[C@H](NC(=O)N(C)CC(O)CO)C(=O)N[C@@H](CC(N)=O)C(N)=O. The number of hydrogen-bond donors (Lipinski definition) is 6. The fourth-order valence-corrected chi connectivity index (χ4v) is 2.12. The average molecular weight is 375 g/mol. The maximum absolute atomic E-state index is 12.4. The second-order valence-corrected chi connectivity index (χ2v) is 6.48. The number of aliphatic hydroxyl groups excluding tert-OH is 2. The van der Waals surface area contributed by atoms with E-state index in [9.17, 15) is 24.3 Å². The zero-order chi connectivity index (χ0) is 20.4. The van der Waals surface area contributed by atoms with E-state index in [-0.39, 0.29) is 18.9 Å². The number of primary amides is 2. The molecule has 0 aliphatic rings. The Kier molecular flexibility index (Phi) is 10.2. The number of carbonyl (C=O) groups is 4. The minimum atomic E-state index is -1.28. The summed E-state index contributed by atoms with van der Waals surface area (Å²) in [5.74, 6) is -2.39. The summed E-state index contributed by atoms with van der Waals surface area (Å²) < 4.78 is 0. The molecule has 0 saturated heterocycles. The Morgan fingerprint density at radius 2 is 1.65 bits per heavy atom. The van der Waals surface area contributed by atoms with E-state index in [4.69, 9.17) is 16.6 Å². The molecule has 0 aliphatic carbocycles. The van der Waals surface area contributed by atoms with Crippen LogP contribution in [-0.2, 0) is 14.4 Å². The molecule has 5 amide bonds. The van der Waals surface area contributed by atoms with E-state index in [1.807, 2.05) is 13.8 Å².